The van der Waals surface area contributed by atoms with Gasteiger partial charge in [-0.15, -0.1) is 6.58 Å². The molecule has 0 aromatic rings. The highest BCUT2D eigenvalue weighted by Crippen LogP contribution is 2.07. The van der Waals surface area contributed by atoms with Crippen LogP contribution in [0.1, 0.15) is 32.1 Å². The first-order valence-electron chi connectivity index (χ1n) is 4.56. The molecule has 0 saturated heterocycles. The zero-order chi connectivity index (χ0) is 10.1. The first kappa shape index (κ1) is 12.2. The Morgan fingerprint density at radius 1 is 1.62 bits per heavy atom. The van der Waals surface area contributed by atoms with Crippen LogP contribution in [0, 0.1) is 0 Å². The van der Waals surface area contributed by atoms with Gasteiger partial charge in [-0.2, -0.15) is 0 Å². The second-order valence-corrected chi connectivity index (χ2v) is 3.00. The third-order valence-corrected chi connectivity index (χ3v) is 1.83. The summed E-state index contributed by atoms with van der Waals surface area (Å²) in [6.45, 7) is 3.54. The van der Waals surface area contributed by atoms with E-state index in [4.69, 9.17) is 0 Å². The molecule has 0 rings (SSSR count). The molecule has 0 aliphatic carbocycles. The second kappa shape index (κ2) is 7.80. The Bertz CT molecular complexity index is 154. The van der Waals surface area contributed by atoms with Crippen LogP contribution in [0.3, 0.4) is 0 Å². The Morgan fingerprint density at radius 2 is 2.31 bits per heavy atom. The van der Waals surface area contributed by atoms with Crippen molar-refractivity contribution in [3.8, 4) is 0 Å². The van der Waals surface area contributed by atoms with Gasteiger partial charge in [-0.1, -0.05) is 12.5 Å². The molecule has 0 aliphatic heterocycles. The molecule has 0 aromatic heterocycles. The van der Waals surface area contributed by atoms with Gasteiger partial charge < -0.3 is 9.84 Å². The lowest BCUT2D eigenvalue weighted by Crippen LogP contribution is -2.05. The fraction of sp³-hybridized carbons (Fsp3) is 0.700. The number of hydrogen-bond donors (Lipinski definition) is 1. The van der Waals surface area contributed by atoms with Gasteiger partial charge in [0.25, 0.3) is 0 Å². The molecule has 3 nitrogen and oxygen atoms in total. The molecule has 0 radical (unpaired) electrons. The van der Waals surface area contributed by atoms with Crippen molar-refractivity contribution >= 4 is 5.97 Å². The zero-order valence-corrected chi connectivity index (χ0v) is 8.16. The summed E-state index contributed by atoms with van der Waals surface area (Å²) in [6, 6.07) is 0. The Morgan fingerprint density at radius 3 is 2.85 bits per heavy atom. The summed E-state index contributed by atoms with van der Waals surface area (Å²) >= 11 is 0. The van der Waals surface area contributed by atoms with Crippen LogP contribution in [0.2, 0.25) is 0 Å². The van der Waals surface area contributed by atoms with Gasteiger partial charge in [-0.25, -0.2) is 0 Å². The van der Waals surface area contributed by atoms with Crippen LogP contribution in [-0.2, 0) is 9.53 Å². The standard InChI is InChI=1S/C10H18O3/c1-3-6-9(11)7-4-5-8-10(12)13-2/h3,9,11H,1,4-8H2,2H3. The minimum atomic E-state index is -0.310. The van der Waals surface area contributed by atoms with E-state index in [1.165, 1.54) is 7.11 Å². The Balaban J connectivity index is 3.24. The summed E-state index contributed by atoms with van der Waals surface area (Å²) in [5.41, 5.74) is 0. The van der Waals surface area contributed by atoms with Crippen molar-refractivity contribution in [2.24, 2.45) is 0 Å². The van der Waals surface area contributed by atoms with Gasteiger partial charge in [-0.3, -0.25) is 4.79 Å². The van der Waals surface area contributed by atoms with E-state index < -0.39 is 0 Å². The van der Waals surface area contributed by atoms with Crippen molar-refractivity contribution in [2.75, 3.05) is 7.11 Å². The summed E-state index contributed by atoms with van der Waals surface area (Å²) in [4.78, 5) is 10.7. The van der Waals surface area contributed by atoms with Crippen LogP contribution < -0.4 is 0 Å². The number of aliphatic hydroxyl groups excluding tert-OH is 1. The highest BCUT2D eigenvalue weighted by molar-refractivity contribution is 5.68. The molecule has 0 bridgehead atoms. The summed E-state index contributed by atoms with van der Waals surface area (Å²) in [5.74, 6) is -0.182. The number of carbonyl (C=O) groups excluding carboxylic acids is 1. The summed E-state index contributed by atoms with van der Waals surface area (Å²) in [7, 11) is 1.38. The van der Waals surface area contributed by atoms with Gasteiger partial charge in [-0.05, 0) is 19.3 Å². The van der Waals surface area contributed by atoms with Gasteiger partial charge >= 0.3 is 5.97 Å². The van der Waals surface area contributed by atoms with E-state index >= 15 is 0 Å². The van der Waals surface area contributed by atoms with Crippen LogP contribution in [0.4, 0.5) is 0 Å². The Kier molecular flexibility index (Phi) is 7.30. The topological polar surface area (TPSA) is 46.5 Å². The van der Waals surface area contributed by atoms with E-state index in [0.29, 0.717) is 12.8 Å². The van der Waals surface area contributed by atoms with Crippen LogP contribution in [0.25, 0.3) is 0 Å². The quantitative estimate of drug-likeness (QED) is 0.373. The molecule has 0 heterocycles. The van der Waals surface area contributed by atoms with Crippen molar-refractivity contribution in [3.63, 3.8) is 0 Å². The van der Waals surface area contributed by atoms with Gasteiger partial charge in [0.05, 0.1) is 13.2 Å². The molecular formula is C10H18O3. The van der Waals surface area contributed by atoms with Crippen LogP contribution in [0.5, 0.6) is 0 Å². The van der Waals surface area contributed by atoms with Gasteiger partial charge in [0, 0.05) is 6.42 Å². The number of carbonyl (C=O) groups is 1. The van der Waals surface area contributed by atoms with Crippen LogP contribution in [-0.4, -0.2) is 24.3 Å². The number of esters is 1. The smallest absolute Gasteiger partial charge is 0.305 e. The number of unbranched alkanes of at least 4 members (excludes halogenated alkanes) is 1. The second-order valence-electron chi connectivity index (χ2n) is 3.00. The summed E-state index contributed by atoms with van der Waals surface area (Å²) in [6.07, 6.45) is 4.81. The van der Waals surface area contributed by atoms with E-state index in [2.05, 4.69) is 11.3 Å². The normalized spacial score (nSPS) is 12.2. The predicted molar refractivity (Wildman–Crippen MR) is 51.3 cm³/mol. The van der Waals surface area contributed by atoms with Crippen molar-refractivity contribution < 1.29 is 14.6 Å². The molecule has 1 atom stereocenters. The van der Waals surface area contributed by atoms with Crippen molar-refractivity contribution in [1.29, 1.82) is 0 Å². The van der Waals surface area contributed by atoms with Crippen LogP contribution >= 0.6 is 0 Å². The molecule has 0 amide bonds. The fourth-order valence-corrected chi connectivity index (χ4v) is 1.06. The number of aliphatic hydroxyl groups is 1. The minimum absolute atomic E-state index is 0.182. The van der Waals surface area contributed by atoms with E-state index in [1.54, 1.807) is 6.08 Å². The monoisotopic (exact) mass is 186 g/mol. The zero-order valence-electron chi connectivity index (χ0n) is 8.16. The molecule has 0 fully saturated rings. The first-order valence-corrected chi connectivity index (χ1v) is 4.56. The van der Waals surface area contributed by atoms with Crippen molar-refractivity contribution in [2.45, 2.75) is 38.2 Å². The highest BCUT2D eigenvalue weighted by Gasteiger charge is 2.03. The largest absolute Gasteiger partial charge is 0.469 e. The molecule has 0 aromatic carbocycles. The van der Waals surface area contributed by atoms with Gasteiger partial charge in [0.1, 0.15) is 0 Å². The molecule has 0 aliphatic rings. The molecule has 1 unspecified atom stereocenters. The van der Waals surface area contributed by atoms with Gasteiger partial charge in [0.2, 0.25) is 0 Å². The van der Waals surface area contributed by atoms with Crippen molar-refractivity contribution in [1.82, 2.24) is 0 Å². The Hall–Kier alpha value is -0.830. The number of rotatable bonds is 7. The SMILES string of the molecule is C=CCC(O)CCCCC(=O)OC. The first-order chi connectivity index (χ1) is 6.20. The van der Waals surface area contributed by atoms with E-state index in [-0.39, 0.29) is 12.1 Å². The predicted octanol–water partition coefficient (Wildman–Crippen LogP) is 1.66. The third-order valence-electron chi connectivity index (χ3n) is 1.83. The maximum Gasteiger partial charge on any atom is 0.305 e. The molecule has 0 spiro atoms. The average Bonchev–Trinajstić information content (AvgIpc) is 2.12. The van der Waals surface area contributed by atoms with Crippen molar-refractivity contribution in [3.05, 3.63) is 12.7 Å². The molecule has 3 heteroatoms. The molecule has 76 valence electrons. The van der Waals surface area contributed by atoms with E-state index in [1.807, 2.05) is 0 Å². The third kappa shape index (κ3) is 7.53. The van der Waals surface area contributed by atoms with Gasteiger partial charge in [0.15, 0.2) is 0 Å². The molecule has 0 saturated carbocycles. The van der Waals surface area contributed by atoms with Crippen LogP contribution in [0.15, 0.2) is 12.7 Å². The fourth-order valence-electron chi connectivity index (χ4n) is 1.06. The molecule has 13 heavy (non-hydrogen) atoms. The number of ether oxygens (including phenoxy) is 1. The summed E-state index contributed by atoms with van der Waals surface area (Å²) < 4.78 is 4.49. The number of methoxy groups -OCH3 is 1. The maximum absolute atomic E-state index is 10.7. The average molecular weight is 186 g/mol. The lowest BCUT2D eigenvalue weighted by atomic mass is 10.1. The number of hydrogen-bond acceptors (Lipinski definition) is 3. The Labute approximate surface area is 79.4 Å². The highest BCUT2D eigenvalue weighted by atomic mass is 16.5. The lowest BCUT2D eigenvalue weighted by molar-refractivity contribution is -0.140. The molecular weight excluding hydrogens is 168 g/mol. The van der Waals surface area contributed by atoms with E-state index in [9.17, 15) is 9.90 Å². The summed E-state index contributed by atoms with van der Waals surface area (Å²) in [5, 5.41) is 9.28. The lowest BCUT2D eigenvalue weighted by Gasteiger charge is -2.06. The molecule has 1 N–H and O–H groups in total. The minimum Gasteiger partial charge on any atom is -0.469 e. The maximum atomic E-state index is 10.7. The van der Waals surface area contributed by atoms with E-state index in [0.717, 1.165) is 19.3 Å².